The predicted molar refractivity (Wildman–Crippen MR) is 126 cm³/mol. The minimum Gasteiger partial charge on any atom is -0.489 e. The topological polar surface area (TPSA) is 9.23 Å². The molecule has 5 rings (SSSR count). The average molecular weight is 494 g/mol. The van der Waals surface area contributed by atoms with Crippen LogP contribution >= 0.6 is 33.5 Å². The summed E-state index contributed by atoms with van der Waals surface area (Å²) < 4.78 is 7.36. The molecule has 3 heteroatoms. The van der Waals surface area contributed by atoms with Crippen LogP contribution in [0, 0.1) is 3.57 Å². The molecule has 0 amide bonds. The Labute approximate surface area is 181 Å². The Kier molecular flexibility index (Phi) is 4.87. The second-order valence-electron chi connectivity index (χ2n) is 6.78. The van der Waals surface area contributed by atoms with Crippen molar-refractivity contribution in [3.63, 3.8) is 0 Å². The molecule has 1 nitrogen and oxygen atoms in total. The van der Waals surface area contributed by atoms with Gasteiger partial charge in [0.05, 0.1) is 0 Å². The zero-order chi connectivity index (χ0) is 18.9. The van der Waals surface area contributed by atoms with E-state index in [0.29, 0.717) is 6.61 Å². The van der Waals surface area contributed by atoms with E-state index in [-0.39, 0.29) is 0 Å². The molecule has 4 aromatic carbocycles. The first-order valence-corrected chi connectivity index (χ1v) is 11.7. The monoisotopic (exact) mass is 494 g/mol. The van der Waals surface area contributed by atoms with Crippen molar-refractivity contribution in [2.75, 3.05) is 0 Å². The van der Waals surface area contributed by atoms with Crippen molar-refractivity contribution in [2.24, 2.45) is 0 Å². The summed E-state index contributed by atoms with van der Waals surface area (Å²) >= 11 is 2.32. The van der Waals surface area contributed by atoms with Gasteiger partial charge >= 0.3 is 0 Å². The maximum Gasteiger partial charge on any atom is 0.120 e. The fraction of sp³-hybridized carbons (Fsp3) is 0.0400. The number of halogens is 1. The van der Waals surface area contributed by atoms with Crippen LogP contribution < -0.4 is 4.74 Å². The number of hydrogen-bond donors (Lipinski definition) is 1. The summed E-state index contributed by atoms with van der Waals surface area (Å²) in [6.45, 7) is 0.589. The maximum absolute atomic E-state index is 6.12. The second kappa shape index (κ2) is 7.64. The van der Waals surface area contributed by atoms with Gasteiger partial charge in [-0.2, -0.15) is 10.9 Å². The Morgan fingerprint density at radius 3 is 2.00 bits per heavy atom. The lowest BCUT2D eigenvalue weighted by Gasteiger charge is -2.20. The molecule has 0 saturated heterocycles. The van der Waals surface area contributed by atoms with Gasteiger partial charge in [0.25, 0.3) is 0 Å². The van der Waals surface area contributed by atoms with Crippen molar-refractivity contribution in [1.29, 1.82) is 0 Å². The lowest BCUT2D eigenvalue weighted by atomic mass is 10.1. The Morgan fingerprint density at radius 2 is 1.32 bits per heavy atom. The molecule has 0 fully saturated rings. The lowest BCUT2D eigenvalue weighted by molar-refractivity contribution is 0.305. The van der Waals surface area contributed by atoms with Crippen LogP contribution in [0.25, 0.3) is 11.1 Å². The van der Waals surface area contributed by atoms with Gasteiger partial charge in [0.2, 0.25) is 0 Å². The molecule has 1 heterocycles. The highest BCUT2D eigenvalue weighted by molar-refractivity contribution is 14.1. The molecule has 1 aliphatic heterocycles. The van der Waals surface area contributed by atoms with Crippen LogP contribution in [0.1, 0.15) is 5.56 Å². The van der Waals surface area contributed by atoms with Gasteiger partial charge in [-0.25, -0.2) is 0 Å². The standard InChI is InChI=1S/C25H19IOS/c26-19-14-12-18(13-15-19)17-27-20-6-5-7-21(16-20)28-24-10-3-1-8-22(24)23-9-2-4-11-25(23)28/h1-16,28H,17H2. The Balaban J connectivity index is 1.47. The summed E-state index contributed by atoms with van der Waals surface area (Å²) in [5.41, 5.74) is 3.93. The number of ether oxygens (including phenoxy) is 1. The van der Waals surface area contributed by atoms with E-state index in [2.05, 4.69) is 120 Å². The van der Waals surface area contributed by atoms with Crippen molar-refractivity contribution in [3.8, 4) is 16.9 Å². The van der Waals surface area contributed by atoms with E-state index >= 15 is 0 Å². The van der Waals surface area contributed by atoms with Gasteiger partial charge < -0.3 is 4.74 Å². The van der Waals surface area contributed by atoms with Gasteiger partial charge in [-0.05, 0) is 86.6 Å². The van der Waals surface area contributed by atoms with E-state index in [0.717, 1.165) is 5.75 Å². The highest BCUT2D eigenvalue weighted by Crippen LogP contribution is 2.62. The quantitative estimate of drug-likeness (QED) is 0.203. The molecule has 0 aromatic heterocycles. The molecule has 0 saturated carbocycles. The van der Waals surface area contributed by atoms with Gasteiger partial charge in [-0.1, -0.05) is 54.6 Å². The average Bonchev–Trinajstić information content (AvgIpc) is 3.08. The molecule has 28 heavy (non-hydrogen) atoms. The summed E-state index contributed by atoms with van der Waals surface area (Å²) in [5, 5.41) is 0. The highest BCUT2D eigenvalue weighted by atomic mass is 127. The van der Waals surface area contributed by atoms with Crippen molar-refractivity contribution < 1.29 is 4.74 Å². The van der Waals surface area contributed by atoms with E-state index in [1.54, 1.807) is 0 Å². The summed E-state index contributed by atoms with van der Waals surface area (Å²) in [4.78, 5) is 4.22. The Bertz CT molecular complexity index is 1090. The summed E-state index contributed by atoms with van der Waals surface area (Å²) in [7, 11) is -0.538. The molecule has 0 unspecified atom stereocenters. The van der Waals surface area contributed by atoms with Crippen LogP contribution in [0.2, 0.25) is 0 Å². The van der Waals surface area contributed by atoms with Crippen LogP contribution in [0.4, 0.5) is 0 Å². The van der Waals surface area contributed by atoms with Crippen LogP contribution in [0.5, 0.6) is 5.75 Å². The third-order valence-electron chi connectivity index (χ3n) is 4.97. The van der Waals surface area contributed by atoms with E-state index in [1.807, 2.05) is 0 Å². The third kappa shape index (κ3) is 3.33. The molecule has 138 valence electrons. The number of hydrogen-bond acceptors (Lipinski definition) is 1. The molecule has 0 spiro atoms. The predicted octanol–water partition coefficient (Wildman–Crippen LogP) is 7.33. The van der Waals surface area contributed by atoms with Crippen molar-refractivity contribution in [1.82, 2.24) is 0 Å². The minimum absolute atomic E-state index is 0.538. The van der Waals surface area contributed by atoms with Crippen molar-refractivity contribution in [2.45, 2.75) is 21.3 Å². The molecular formula is C25H19IOS. The number of rotatable bonds is 4. The SMILES string of the molecule is Ic1ccc(COc2cccc([SH]3c4ccccc4-c4ccccc43)c2)cc1. The zero-order valence-electron chi connectivity index (χ0n) is 15.2. The number of fused-ring (bicyclic) bond motifs is 3. The Morgan fingerprint density at radius 1 is 0.679 bits per heavy atom. The molecule has 0 bridgehead atoms. The molecular weight excluding hydrogens is 475 g/mol. The number of benzene rings is 4. The zero-order valence-corrected chi connectivity index (χ0v) is 18.2. The van der Waals surface area contributed by atoms with Crippen LogP contribution in [-0.4, -0.2) is 0 Å². The first-order chi connectivity index (χ1) is 13.8. The maximum atomic E-state index is 6.12. The summed E-state index contributed by atoms with van der Waals surface area (Å²) in [5.74, 6) is 0.931. The molecule has 1 aliphatic rings. The highest BCUT2D eigenvalue weighted by Gasteiger charge is 2.26. The molecule has 0 N–H and O–H groups in total. The van der Waals surface area contributed by atoms with E-state index < -0.39 is 10.9 Å². The summed E-state index contributed by atoms with van der Waals surface area (Å²) in [6.07, 6.45) is 0. The smallest absolute Gasteiger partial charge is 0.120 e. The largest absolute Gasteiger partial charge is 0.489 e. The fourth-order valence-electron chi connectivity index (χ4n) is 3.66. The van der Waals surface area contributed by atoms with E-state index in [9.17, 15) is 0 Å². The first kappa shape index (κ1) is 17.8. The van der Waals surface area contributed by atoms with Crippen molar-refractivity contribution >= 4 is 33.5 Å². The fourth-order valence-corrected chi connectivity index (χ4v) is 6.67. The van der Waals surface area contributed by atoms with Gasteiger partial charge in [-0.3, -0.25) is 0 Å². The number of thiol groups is 1. The molecule has 0 atom stereocenters. The normalized spacial score (nSPS) is 13.1. The van der Waals surface area contributed by atoms with Gasteiger partial charge in [0, 0.05) is 13.4 Å². The van der Waals surface area contributed by atoms with Crippen LogP contribution in [0.15, 0.2) is 112 Å². The van der Waals surface area contributed by atoms with Crippen molar-refractivity contribution in [3.05, 3.63) is 106 Å². The first-order valence-electron chi connectivity index (χ1n) is 9.25. The summed E-state index contributed by atoms with van der Waals surface area (Å²) in [6, 6.07) is 34.7. The molecule has 0 aliphatic carbocycles. The minimum atomic E-state index is -0.538. The van der Waals surface area contributed by atoms with Crippen LogP contribution in [0.3, 0.4) is 0 Å². The Hall–Kier alpha value is -2.24. The van der Waals surface area contributed by atoms with E-state index in [4.69, 9.17) is 4.74 Å². The van der Waals surface area contributed by atoms with Crippen LogP contribution in [-0.2, 0) is 6.61 Å². The lowest BCUT2D eigenvalue weighted by Crippen LogP contribution is -1.95. The molecule has 4 aromatic rings. The van der Waals surface area contributed by atoms with Gasteiger partial charge in [-0.15, -0.1) is 0 Å². The van der Waals surface area contributed by atoms with Gasteiger partial charge in [0.1, 0.15) is 12.4 Å². The van der Waals surface area contributed by atoms with Gasteiger partial charge in [0.15, 0.2) is 0 Å². The third-order valence-corrected chi connectivity index (χ3v) is 8.23. The van der Waals surface area contributed by atoms with E-state index in [1.165, 1.54) is 34.9 Å². The molecule has 0 radical (unpaired) electrons. The second-order valence-corrected chi connectivity index (χ2v) is 10.2.